The zero-order valence-corrected chi connectivity index (χ0v) is 11.3. The van der Waals surface area contributed by atoms with Crippen molar-refractivity contribution in [2.45, 2.75) is 12.6 Å². The molecule has 1 saturated heterocycles. The third-order valence-corrected chi connectivity index (χ3v) is 3.11. The molecule has 1 aromatic carbocycles. The number of amides is 2. The van der Waals surface area contributed by atoms with E-state index in [-0.39, 0.29) is 25.7 Å². The van der Waals surface area contributed by atoms with E-state index in [1.54, 1.807) is 0 Å². The highest BCUT2D eigenvalue weighted by atomic mass is 16.5. The largest absolute Gasteiger partial charge is 0.480 e. The summed E-state index contributed by atoms with van der Waals surface area (Å²) in [5.41, 5.74) is 0.892. The average molecular weight is 292 g/mol. The first-order chi connectivity index (χ1) is 10.1. The smallest absolute Gasteiger partial charge is 0.322 e. The third-order valence-electron chi connectivity index (χ3n) is 3.11. The van der Waals surface area contributed by atoms with Gasteiger partial charge in [-0.15, -0.1) is 0 Å². The summed E-state index contributed by atoms with van der Waals surface area (Å²) in [4.78, 5) is 35.9. The van der Waals surface area contributed by atoms with Crippen LogP contribution in [-0.4, -0.2) is 53.6 Å². The van der Waals surface area contributed by atoms with Crippen molar-refractivity contribution < 1.29 is 24.2 Å². The van der Waals surface area contributed by atoms with E-state index < -0.39 is 24.5 Å². The zero-order valence-electron chi connectivity index (χ0n) is 11.3. The standard InChI is InChI=1S/C14H16N2O5/c17-12-9-21-8-11(14(20)15-6-13(18)19)16(12)7-10-4-2-1-3-5-10/h1-5,11H,6-9H2,(H,15,20)(H,18,19)/t11-/m1/s1. The second-order valence-corrected chi connectivity index (χ2v) is 4.65. The van der Waals surface area contributed by atoms with E-state index in [1.165, 1.54) is 4.90 Å². The Hall–Kier alpha value is -2.41. The lowest BCUT2D eigenvalue weighted by Crippen LogP contribution is -2.56. The Morgan fingerprint density at radius 3 is 2.71 bits per heavy atom. The van der Waals surface area contributed by atoms with Gasteiger partial charge in [-0.05, 0) is 5.56 Å². The first-order valence-electron chi connectivity index (χ1n) is 6.48. The number of aliphatic carboxylic acids is 1. The SMILES string of the molecule is O=C(O)CNC(=O)[C@H]1COCC(=O)N1Cc1ccccc1. The minimum Gasteiger partial charge on any atom is -0.480 e. The summed E-state index contributed by atoms with van der Waals surface area (Å²) in [5, 5.41) is 10.9. The molecule has 0 aliphatic carbocycles. The van der Waals surface area contributed by atoms with Gasteiger partial charge in [-0.3, -0.25) is 14.4 Å². The predicted octanol–water partition coefficient (Wildman–Crippen LogP) is -0.385. The average Bonchev–Trinajstić information content (AvgIpc) is 2.48. The summed E-state index contributed by atoms with van der Waals surface area (Å²) in [5.74, 6) is -1.96. The van der Waals surface area contributed by atoms with Crippen LogP contribution in [0.25, 0.3) is 0 Å². The number of carboxylic acid groups (broad SMARTS) is 1. The van der Waals surface area contributed by atoms with Crippen LogP contribution in [0.5, 0.6) is 0 Å². The van der Waals surface area contributed by atoms with Crippen molar-refractivity contribution in [2.24, 2.45) is 0 Å². The summed E-state index contributed by atoms with van der Waals surface area (Å²) in [6, 6.07) is 8.45. The summed E-state index contributed by atoms with van der Waals surface area (Å²) < 4.78 is 5.09. The van der Waals surface area contributed by atoms with Crippen molar-refractivity contribution >= 4 is 17.8 Å². The zero-order chi connectivity index (χ0) is 15.2. The Balaban J connectivity index is 2.07. The molecule has 1 atom stereocenters. The fourth-order valence-corrected chi connectivity index (χ4v) is 2.08. The van der Waals surface area contributed by atoms with Gasteiger partial charge in [-0.1, -0.05) is 30.3 Å². The maximum atomic E-state index is 12.0. The highest BCUT2D eigenvalue weighted by molar-refractivity contribution is 5.90. The van der Waals surface area contributed by atoms with Crippen molar-refractivity contribution in [1.29, 1.82) is 0 Å². The molecule has 2 rings (SSSR count). The monoisotopic (exact) mass is 292 g/mol. The van der Waals surface area contributed by atoms with E-state index in [1.807, 2.05) is 30.3 Å². The first kappa shape index (κ1) is 15.0. The van der Waals surface area contributed by atoms with Crippen LogP contribution in [0, 0.1) is 0 Å². The van der Waals surface area contributed by atoms with E-state index in [2.05, 4.69) is 5.32 Å². The van der Waals surface area contributed by atoms with Gasteiger partial charge in [0.15, 0.2) is 0 Å². The first-order valence-corrected chi connectivity index (χ1v) is 6.48. The molecule has 2 N–H and O–H groups in total. The van der Waals surface area contributed by atoms with Crippen LogP contribution in [0.15, 0.2) is 30.3 Å². The number of nitrogens with one attached hydrogen (secondary N) is 1. The second kappa shape index (κ2) is 6.85. The number of rotatable bonds is 5. The molecule has 0 saturated carbocycles. The van der Waals surface area contributed by atoms with Crippen LogP contribution in [0.1, 0.15) is 5.56 Å². The molecule has 1 aliphatic heterocycles. The van der Waals surface area contributed by atoms with Crippen molar-refractivity contribution in [3.63, 3.8) is 0 Å². The lowest BCUT2D eigenvalue weighted by molar-refractivity contribution is -0.156. The van der Waals surface area contributed by atoms with E-state index >= 15 is 0 Å². The molecule has 1 aromatic rings. The van der Waals surface area contributed by atoms with Crippen molar-refractivity contribution in [3.05, 3.63) is 35.9 Å². The van der Waals surface area contributed by atoms with Crippen molar-refractivity contribution in [1.82, 2.24) is 10.2 Å². The van der Waals surface area contributed by atoms with Gasteiger partial charge in [0, 0.05) is 6.54 Å². The maximum Gasteiger partial charge on any atom is 0.322 e. The number of carboxylic acids is 1. The Morgan fingerprint density at radius 2 is 2.05 bits per heavy atom. The number of ether oxygens (including phenoxy) is 1. The quantitative estimate of drug-likeness (QED) is 0.771. The van der Waals surface area contributed by atoms with Crippen LogP contribution < -0.4 is 5.32 Å². The minimum absolute atomic E-state index is 0.0595. The molecule has 0 bridgehead atoms. The van der Waals surface area contributed by atoms with Crippen molar-refractivity contribution in [2.75, 3.05) is 19.8 Å². The number of carbonyl (C=O) groups is 3. The van der Waals surface area contributed by atoms with Crippen LogP contribution >= 0.6 is 0 Å². The van der Waals surface area contributed by atoms with Gasteiger partial charge in [-0.2, -0.15) is 0 Å². The van der Waals surface area contributed by atoms with Crippen LogP contribution in [0.4, 0.5) is 0 Å². The molecule has 0 spiro atoms. The second-order valence-electron chi connectivity index (χ2n) is 4.65. The lowest BCUT2D eigenvalue weighted by Gasteiger charge is -2.34. The number of carbonyl (C=O) groups excluding carboxylic acids is 2. The molecular weight excluding hydrogens is 276 g/mol. The molecule has 1 heterocycles. The summed E-state index contributed by atoms with van der Waals surface area (Å²) in [6.45, 7) is -0.212. The van der Waals surface area contributed by atoms with Crippen LogP contribution in [0.3, 0.4) is 0 Å². The number of nitrogens with zero attached hydrogens (tertiary/aromatic N) is 1. The normalized spacial score (nSPS) is 18.4. The van der Waals surface area contributed by atoms with Gasteiger partial charge in [0.25, 0.3) is 0 Å². The molecule has 112 valence electrons. The topological polar surface area (TPSA) is 95.9 Å². The van der Waals surface area contributed by atoms with Gasteiger partial charge < -0.3 is 20.1 Å². The summed E-state index contributed by atoms with van der Waals surface area (Å²) in [7, 11) is 0. The number of morpholine rings is 1. The Kier molecular flexibility index (Phi) is 4.89. The van der Waals surface area contributed by atoms with Gasteiger partial charge in [0.2, 0.25) is 11.8 Å². The molecule has 7 nitrogen and oxygen atoms in total. The highest BCUT2D eigenvalue weighted by Gasteiger charge is 2.34. The van der Waals surface area contributed by atoms with Crippen LogP contribution in [-0.2, 0) is 25.7 Å². The van der Waals surface area contributed by atoms with Crippen molar-refractivity contribution in [3.8, 4) is 0 Å². The van der Waals surface area contributed by atoms with Gasteiger partial charge in [-0.25, -0.2) is 0 Å². The number of benzene rings is 1. The molecule has 0 radical (unpaired) electrons. The molecule has 2 amide bonds. The maximum absolute atomic E-state index is 12.0. The Bertz CT molecular complexity index is 531. The Morgan fingerprint density at radius 1 is 1.33 bits per heavy atom. The molecule has 7 heteroatoms. The fraction of sp³-hybridized carbons (Fsp3) is 0.357. The fourth-order valence-electron chi connectivity index (χ4n) is 2.08. The lowest BCUT2D eigenvalue weighted by atomic mass is 10.1. The summed E-state index contributed by atoms with van der Waals surface area (Å²) in [6.07, 6.45) is 0. The third kappa shape index (κ3) is 4.03. The molecule has 0 aromatic heterocycles. The van der Waals surface area contributed by atoms with Gasteiger partial charge in [0.05, 0.1) is 6.61 Å². The van der Waals surface area contributed by atoms with Gasteiger partial charge in [0.1, 0.15) is 19.2 Å². The summed E-state index contributed by atoms with van der Waals surface area (Å²) >= 11 is 0. The molecule has 21 heavy (non-hydrogen) atoms. The highest BCUT2D eigenvalue weighted by Crippen LogP contribution is 2.13. The molecular formula is C14H16N2O5. The number of hydrogen-bond donors (Lipinski definition) is 2. The van der Waals surface area contributed by atoms with Crippen LogP contribution in [0.2, 0.25) is 0 Å². The van der Waals surface area contributed by atoms with E-state index in [9.17, 15) is 14.4 Å². The molecule has 1 aliphatic rings. The predicted molar refractivity (Wildman–Crippen MR) is 72.2 cm³/mol. The van der Waals surface area contributed by atoms with E-state index in [0.29, 0.717) is 0 Å². The Labute approximate surface area is 121 Å². The molecule has 1 fully saturated rings. The van der Waals surface area contributed by atoms with Gasteiger partial charge >= 0.3 is 5.97 Å². The minimum atomic E-state index is -1.14. The van der Waals surface area contributed by atoms with E-state index in [0.717, 1.165) is 5.56 Å². The molecule has 0 unspecified atom stereocenters. The number of hydrogen-bond acceptors (Lipinski definition) is 4. The van der Waals surface area contributed by atoms with E-state index in [4.69, 9.17) is 9.84 Å².